The fourth-order valence-electron chi connectivity index (χ4n) is 3.61. The van der Waals surface area contributed by atoms with Gasteiger partial charge in [0.1, 0.15) is 11.5 Å². The molecule has 0 saturated carbocycles. The molecule has 0 radical (unpaired) electrons. The number of likely N-dealkylation sites (tertiary alicyclic amines) is 1. The fourth-order valence-corrected chi connectivity index (χ4v) is 4.89. The maximum absolute atomic E-state index is 13.4. The minimum Gasteiger partial charge on any atom is -0.338 e. The van der Waals surface area contributed by atoms with Gasteiger partial charge in [-0.25, -0.2) is 17.1 Å². The Hall–Kier alpha value is -2.46. The molecule has 30 heavy (non-hydrogen) atoms. The molecule has 11 heteroatoms. The van der Waals surface area contributed by atoms with Crippen molar-refractivity contribution in [2.24, 2.45) is 13.0 Å². The van der Waals surface area contributed by atoms with E-state index >= 15 is 0 Å². The first kappa shape index (κ1) is 22.2. The molecule has 1 aromatic carbocycles. The molecule has 2 amide bonds. The van der Waals surface area contributed by atoms with E-state index in [4.69, 9.17) is 11.6 Å². The summed E-state index contributed by atoms with van der Waals surface area (Å²) in [6.07, 6.45) is 0.837. The summed E-state index contributed by atoms with van der Waals surface area (Å²) in [5, 5.41) is 4.14. The van der Waals surface area contributed by atoms with Crippen LogP contribution in [0.1, 0.15) is 23.4 Å². The van der Waals surface area contributed by atoms with Crippen molar-refractivity contribution in [1.29, 1.82) is 0 Å². The third kappa shape index (κ3) is 4.20. The molecule has 1 aliphatic heterocycles. The van der Waals surface area contributed by atoms with Crippen LogP contribution in [0.3, 0.4) is 0 Å². The SMILES string of the molecule is Cc1nn(C)c(C)c1N(C(=O)C1CC(=O)N(Cc2ccc(F)c(Cl)c2)C1)S(C)(=O)=O. The van der Waals surface area contributed by atoms with Crippen molar-refractivity contribution in [3.8, 4) is 0 Å². The van der Waals surface area contributed by atoms with Crippen LogP contribution in [0.5, 0.6) is 0 Å². The number of rotatable bonds is 5. The van der Waals surface area contributed by atoms with E-state index in [0.717, 1.165) is 10.6 Å². The Balaban J connectivity index is 1.86. The maximum atomic E-state index is 13.4. The Morgan fingerprint density at radius 2 is 2.03 bits per heavy atom. The summed E-state index contributed by atoms with van der Waals surface area (Å²) in [5.74, 6) is -2.36. The summed E-state index contributed by atoms with van der Waals surface area (Å²) < 4.78 is 40.6. The maximum Gasteiger partial charge on any atom is 0.246 e. The van der Waals surface area contributed by atoms with E-state index in [9.17, 15) is 22.4 Å². The minimum atomic E-state index is -3.95. The summed E-state index contributed by atoms with van der Waals surface area (Å²) in [6, 6.07) is 4.14. The largest absolute Gasteiger partial charge is 0.338 e. The number of aromatic nitrogens is 2. The quantitative estimate of drug-likeness (QED) is 0.687. The van der Waals surface area contributed by atoms with Crippen molar-refractivity contribution < 1.29 is 22.4 Å². The molecule has 1 unspecified atom stereocenters. The zero-order chi connectivity index (χ0) is 22.4. The Bertz CT molecular complexity index is 1130. The summed E-state index contributed by atoms with van der Waals surface area (Å²) in [7, 11) is -2.29. The molecule has 1 fully saturated rings. The molecule has 1 aromatic heterocycles. The summed E-state index contributed by atoms with van der Waals surface area (Å²) in [4.78, 5) is 27.1. The van der Waals surface area contributed by atoms with Crippen LogP contribution >= 0.6 is 11.6 Å². The zero-order valence-corrected chi connectivity index (χ0v) is 18.6. The highest BCUT2D eigenvalue weighted by Crippen LogP contribution is 2.31. The van der Waals surface area contributed by atoms with Crippen molar-refractivity contribution in [2.75, 3.05) is 17.1 Å². The molecule has 8 nitrogen and oxygen atoms in total. The monoisotopic (exact) mass is 456 g/mol. The fraction of sp³-hybridized carbons (Fsp3) is 0.421. The van der Waals surface area contributed by atoms with E-state index in [0.29, 0.717) is 17.0 Å². The standard InChI is InChI=1S/C19H22ClFN4O4S/c1-11-18(12(2)23(3)22-11)25(30(4,28)29)19(27)14-8-17(26)24(10-14)9-13-5-6-16(21)15(20)7-13/h5-7,14H,8-10H2,1-4H3. The molecule has 1 saturated heterocycles. The molecule has 1 atom stereocenters. The van der Waals surface area contributed by atoms with Crippen molar-refractivity contribution in [2.45, 2.75) is 26.8 Å². The van der Waals surface area contributed by atoms with Gasteiger partial charge in [0.2, 0.25) is 21.8 Å². The number of halogens is 2. The highest BCUT2D eigenvalue weighted by Gasteiger charge is 2.41. The van der Waals surface area contributed by atoms with Crippen molar-refractivity contribution in [3.63, 3.8) is 0 Å². The van der Waals surface area contributed by atoms with Gasteiger partial charge in [-0.3, -0.25) is 14.3 Å². The molecule has 1 aliphatic rings. The van der Waals surface area contributed by atoms with Crippen LogP contribution in [0.15, 0.2) is 18.2 Å². The van der Waals surface area contributed by atoms with Crippen LogP contribution < -0.4 is 4.31 Å². The molecule has 0 spiro atoms. The van der Waals surface area contributed by atoms with E-state index in [1.165, 1.54) is 27.8 Å². The van der Waals surface area contributed by atoms with E-state index in [2.05, 4.69) is 5.10 Å². The Morgan fingerprint density at radius 1 is 1.37 bits per heavy atom. The smallest absolute Gasteiger partial charge is 0.246 e. The van der Waals surface area contributed by atoms with Crippen LogP contribution in [0.4, 0.5) is 10.1 Å². The van der Waals surface area contributed by atoms with Crippen LogP contribution in [0.2, 0.25) is 5.02 Å². The number of sulfonamides is 1. The molecule has 2 heterocycles. The van der Waals surface area contributed by atoms with Crippen molar-refractivity contribution in [1.82, 2.24) is 14.7 Å². The lowest BCUT2D eigenvalue weighted by molar-refractivity contribution is -0.128. The molecule has 3 rings (SSSR count). The topological polar surface area (TPSA) is 92.6 Å². The Morgan fingerprint density at radius 3 is 2.57 bits per heavy atom. The first-order chi connectivity index (χ1) is 13.9. The number of hydrogen-bond acceptors (Lipinski definition) is 5. The van der Waals surface area contributed by atoms with Gasteiger partial charge < -0.3 is 4.90 Å². The minimum absolute atomic E-state index is 0.0526. The summed E-state index contributed by atoms with van der Waals surface area (Å²) in [6.45, 7) is 3.49. The average Bonchev–Trinajstić information content (AvgIpc) is 3.11. The Kier molecular flexibility index (Phi) is 5.92. The highest BCUT2D eigenvalue weighted by atomic mass is 35.5. The number of hydrogen-bond donors (Lipinski definition) is 0. The number of aryl methyl sites for hydroxylation is 2. The van der Waals surface area contributed by atoms with E-state index in [1.54, 1.807) is 20.9 Å². The molecule has 2 aromatic rings. The second kappa shape index (κ2) is 7.99. The first-order valence-electron chi connectivity index (χ1n) is 9.16. The van der Waals surface area contributed by atoms with Crippen LogP contribution in [-0.4, -0.2) is 47.7 Å². The zero-order valence-electron chi connectivity index (χ0n) is 17.0. The third-order valence-corrected chi connectivity index (χ3v) is 6.44. The first-order valence-corrected chi connectivity index (χ1v) is 11.4. The second-order valence-corrected chi connectivity index (χ2v) is 9.67. The van der Waals surface area contributed by atoms with Gasteiger partial charge in [-0.1, -0.05) is 17.7 Å². The molecular weight excluding hydrogens is 435 g/mol. The number of amides is 2. The van der Waals surface area contributed by atoms with E-state index in [-0.39, 0.29) is 36.1 Å². The Labute approximate surface area is 179 Å². The van der Waals surface area contributed by atoms with Gasteiger partial charge in [0.25, 0.3) is 0 Å². The van der Waals surface area contributed by atoms with E-state index < -0.39 is 27.7 Å². The van der Waals surface area contributed by atoms with Gasteiger partial charge in [0, 0.05) is 26.6 Å². The lowest BCUT2D eigenvalue weighted by Gasteiger charge is -2.24. The van der Waals surface area contributed by atoms with E-state index in [1.807, 2.05) is 0 Å². The predicted molar refractivity (Wildman–Crippen MR) is 110 cm³/mol. The summed E-state index contributed by atoms with van der Waals surface area (Å²) in [5.41, 5.74) is 1.74. The van der Waals surface area contributed by atoms with Gasteiger partial charge in [-0.2, -0.15) is 5.10 Å². The van der Waals surface area contributed by atoms with Gasteiger partial charge in [0.05, 0.1) is 28.6 Å². The average molecular weight is 457 g/mol. The van der Waals surface area contributed by atoms with Crippen molar-refractivity contribution >= 4 is 39.1 Å². The van der Waals surface area contributed by atoms with Crippen LogP contribution in [-0.2, 0) is 33.2 Å². The lowest BCUT2D eigenvalue weighted by Crippen LogP contribution is -2.41. The number of anilines is 1. The van der Waals surface area contributed by atoms with Gasteiger partial charge >= 0.3 is 0 Å². The summed E-state index contributed by atoms with van der Waals surface area (Å²) >= 11 is 5.79. The number of nitrogens with zero attached hydrogens (tertiary/aromatic N) is 4. The molecular formula is C19H22ClFN4O4S. The van der Waals surface area contributed by atoms with Gasteiger partial charge in [-0.05, 0) is 31.5 Å². The second-order valence-electron chi connectivity index (χ2n) is 7.43. The van der Waals surface area contributed by atoms with Gasteiger partial charge in [0.15, 0.2) is 0 Å². The van der Waals surface area contributed by atoms with Crippen LogP contribution in [0.25, 0.3) is 0 Å². The van der Waals surface area contributed by atoms with Crippen LogP contribution in [0, 0.1) is 25.6 Å². The van der Waals surface area contributed by atoms with Gasteiger partial charge in [-0.15, -0.1) is 0 Å². The molecule has 0 aliphatic carbocycles. The molecule has 162 valence electrons. The molecule has 0 bridgehead atoms. The normalized spacial score (nSPS) is 16.9. The third-order valence-electron chi connectivity index (χ3n) is 5.13. The number of carbonyl (C=O) groups excluding carboxylic acids is 2. The lowest BCUT2D eigenvalue weighted by atomic mass is 10.1. The number of benzene rings is 1. The predicted octanol–water partition coefficient (Wildman–Crippen LogP) is 2.17. The molecule has 0 N–H and O–H groups in total. The highest BCUT2D eigenvalue weighted by molar-refractivity contribution is 7.92. The van der Waals surface area contributed by atoms with Crippen molar-refractivity contribution in [3.05, 3.63) is 46.0 Å². The number of carbonyl (C=O) groups is 2.